The average Bonchev–Trinajstić information content (AvgIpc) is 3.15. The van der Waals surface area contributed by atoms with E-state index in [9.17, 15) is 4.79 Å². The standard InChI is InChI=1S/C27H29N5O/c1-18(21-8-5-4-6-9-21)27-28-19(2)26-17-31(14-15-32(26)27)16-22-12-13-23-24(29-20(3)33)10-7-11-25(23)30-22/h4-13,18H,14-17H2,1-3H3,(H,29,33). The molecule has 1 amide bonds. The number of imidazole rings is 1. The number of hydrogen-bond acceptors (Lipinski definition) is 4. The van der Waals surface area contributed by atoms with Crippen LogP contribution in [0.4, 0.5) is 5.69 Å². The fraction of sp³-hybridized carbons (Fsp3) is 0.296. The maximum atomic E-state index is 11.5. The van der Waals surface area contributed by atoms with Crippen LogP contribution in [0.5, 0.6) is 0 Å². The van der Waals surface area contributed by atoms with Gasteiger partial charge in [0.15, 0.2) is 0 Å². The number of aromatic nitrogens is 3. The number of nitrogens with one attached hydrogen (secondary N) is 1. The van der Waals surface area contributed by atoms with E-state index in [4.69, 9.17) is 9.97 Å². The molecule has 33 heavy (non-hydrogen) atoms. The van der Waals surface area contributed by atoms with Gasteiger partial charge in [-0.2, -0.15) is 0 Å². The van der Waals surface area contributed by atoms with Crippen molar-refractivity contribution in [1.29, 1.82) is 0 Å². The highest BCUT2D eigenvalue weighted by Gasteiger charge is 2.25. The van der Waals surface area contributed by atoms with Gasteiger partial charge in [-0.3, -0.25) is 14.7 Å². The molecule has 0 radical (unpaired) electrons. The van der Waals surface area contributed by atoms with Crippen molar-refractivity contribution in [2.24, 2.45) is 0 Å². The van der Waals surface area contributed by atoms with E-state index in [2.05, 4.69) is 71.1 Å². The second-order valence-corrected chi connectivity index (χ2v) is 8.85. The van der Waals surface area contributed by atoms with Crippen molar-refractivity contribution < 1.29 is 4.79 Å². The molecule has 0 aliphatic carbocycles. The lowest BCUT2D eigenvalue weighted by Gasteiger charge is -2.30. The number of aryl methyl sites for hydroxylation is 1. The van der Waals surface area contributed by atoms with Crippen molar-refractivity contribution in [2.75, 3.05) is 11.9 Å². The highest BCUT2D eigenvalue weighted by atomic mass is 16.1. The van der Waals surface area contributed by atoms with Crippen LogP contribution in [0.1, 0.15) is 48.2 Å². The summed E-state index contributed by atoms with van der Waals surface area (Å²) in [5.74, 6) is 1.35. The van der Waals surface area contributed by atoms with Gasteiger partial charge < -0.3 is 9.88 Å². The van der Waals surface area contributed by atoms with Crippen molar-refractivity contribution in [3.8, 4) is 0 Å². The van der Waals surface area contributed by atoms with Gasteiger partial charge in [-0.05, 0) is 36.8 Å². The quantitative estimate of drug-likeness (QED) is 0.482. The van der Waals surface area contributed by atoms with Crippen molar-refractivity contribution in [1.82, 2.24) is 19.4 Å². The number of amides is 1. The minimum atomic E-state index is -0.0761. The van der Waals surface area contributed by atoms with Crippen molar-refractivity contribution in [2.45, 2.75) is 46.3 Å². The first-order valence-electron chi connectivity index (χ1n) is 11.5. The Morgan fingerprint density at radius 2 is 1.85 bits per heavy atom. The second kappa shape index (κ2) is 8.79. The van der Waals surface area contributed by atoms with Gasteiger partial charge in [0.1, 0.15) is 5.82 Å². The molecule has 1 N–H and O–H groups in total. The lowest BCUT2D eigenvalue weighted by atomic mass is 10.0. The number of benzene rings is 2. The molecule has 6 heteroatoms. The molecular formula is C27H29N5O. The Morgan fingerprint density at radius 1 is 1.03 bits per heavy atom. The number of carbonyl (C=O) groups excluding carboxylic acids is 1. The van der Waals surface area contributed by atoms with Crippen molar-refractivity contribution in [3.63, 3.8) is 0 Å². The van der Waals surface area contributed by atoms with E-state index in [-0.39, 0.29) is 11.8 Å². The van der Waals surface area contributed by atoms with Gasteiger partial charge in [0.2, 0.25) is 5.91 Å². The van der Waals surface area contributed by atoms with Crippen LogP contribution in [-0.4, -0.2) is 31.9 Å². The Labute approximate surface area is 194 Å². The molecular weight excluding hydrogens is 410 g/mol. The van der Waals surface area contributed by atoms with Crippen LogP contribution in [0.15, 0.2) is 60.7 Å². The van der Waals surface area contributed by atoms with E-state index in [1.807, 2.05) is 18.2 Å². The Kier molecular flexibility index (Phi) is 5.68. The van der Waals surface area contributed by atoms with Crippen LogP contribution < -0.4 is 5.32 Å². The molecule has 2 aromatic heterocycles. The predicted octanol–water partition coefficient (Wildman–Crippen LogP) is 4.87. The van der Waals surface area contributed by atoms with E-state index in [0.29, 0.717) is 0 Å². The minimum Gasteiger partial charge on any atom is -0.329 e. The van der Waals surface area contributed by atoms with Crippen LogP contribution in [-0.2, 0) is 24.4 Å². The molecule has 1 unspecified atom stereocenters. The predicted molar refractivity (Wildman–Crippen MR) is 131 cm³/mol. The summed E-state index contributed by atoms with van der Waals surface area (Å²) in [6.45, 7) is 9.43. The fourth-order valence-corrected chi connectivity index (χ4v) is 4.78. The Hall–Kier alpha value is -3.51. The van der Waals surface area contributed by atoms with Gasteiger partial charge in [0.05, 0.1) is 28.3 Å². The summed E-state index contributed by atoms with van der Waals surface area (Å²) >= 11 is 0. The van der Waals surface area contributed by atoms with Crippen molar-refractivity contribution in [3.05, 3.63) is 89.1 Å². The number of pyridine rings is 1. The zero-order chi connectivity index (χ0) is 22.9. The molecule has 0 saturated carbocycles. The molecule has 1 atom stereocenters. The van der Waals surface area contributed by atoms with E-state index in [0.717, 1.165) is 60.0 Å². The van der Waals surface area contributed by atoms with E-state index >= 15 is 0 Å². The second-order valence-electron chi connectivity index (χ2n) is 8.85. The normalized spacial score (nSPS) is 14.8. The molecule has 0 bridgehead atoms. The summed E-state index contributed by atoms with van der Waals surface area (Å²) in [5, 5.41) is 3.85. The summed E-state index contributed by atoms with van der Waals surface area (Å²) in [6, 6.07) is 20.6. The zero-order valence-corrected chi connectivity index (χ0v) is 19.4. The maximum Gasteiger partial charge on any atom is 0.221 e. The molecule has 0 spiro atoms. The monoisotopic (exact) mass is 439 g/mol. The molecule has 3 heterocycles. The first-order valence-corrected chi connectivity index (χ1v) is 11.5. The molecule has 2 aromatic carbocycles. The average molecular weight is 440 g/mol. The third-order valence-corrected chi connectivity index (χ3v) is 6.49. The SMILES string of the molecule is CC(=O)Nc1cccc2nc(CN3CCn4c(C(C)c5ccccc5)nc(C)c4C3)ccc12. The van der Waals surface area contributed by atoms with Crippen LogP contribution in [0.2, 0.25) is 0 Å². The highest BCUT2D eigenvalue weighted by molar-refractivity contribution is 6.00. The van der Waals surface area contributed by atoms with Crippen LogP contribution in [0.3, 0.4) is 0 Å². The Bertz CT molecular complexity index is 1310. The lowest BCUT2D eigenvalue weighted by Crippen LogP contribution is -2.34. The summed E-state index contributed by atoms with van der Waals surface area (Å²) in [5.41, 5.74) is 6.45. The largest absolute Gasteiger partial charge is 0.329 e. The maximum absolute atomic E-state index is 11.5. The third-order valence-electron chi connectivity index (χ3n) is 6.49. The van der Waals surface area contributed by atoms with Crippen molar-refractivity contribution >= 4 is 22.5 Å². The van der Waals surface area contributed by atoms with Gasteiger partial charge in [0, 0.05) is 44.4 Å². The first kappa shape index (κ1) is 21.3. The highest BCUT2D eigenvalue weighted by Crippen LogP contribution is 2.29. The zero-order valence-electron chi connectivity index (χ0n) is 19.4. The summed E-state index contributed by atoms with van der Waals surface area (Å²) in [6.07, 6.45) is 0. The van der Waals surface area contributed by atoms with E-state index in [1.165, 1.54) is 18.2 Å². The van der Waals surface area contributed by atoms with Gasteiger partial charge >= 0.3 is 0 Å². The lowest BCUT2D eigenvalue weighted by molar-refractivity contribution is -0.114. The molecule has 6 nitrogen and oxygen atoms in total. The van der Waals surface area contributed by atoms with Crippen LogP contribution in [0, 0.1) is 6.92 Å². The molecule has 5 rings (SSSR count). The summed E-state index contributed by atoms with van der Waals surface area (Å²) in [4.78, 5) is 23.8. The number of carbonyl (C=O) groups is 1. The van der Waals surface area contributed by atoms with Crippen LogP contribution in [0.25, 0.3) is 10.9 Å². The molecule has 4 aromatic rings. The molecule has 1 aliphatic heterocycles. The van der Waals surface area contributed by atoms with E-state index in [1.54, 1.807) is 0 Å². The van der Waals surface area contributed by atoms with Gasteiger partial charge in [0.25, 0.3) is 0 Å². The van der Waals surface area contributed by atoms with E-state index < -0.39 is 0 Å². The topological polar surface area (TPSA) is 63.1 Å². The number of anilines is 1. The number of nitrogens with zero attached hydrogens (tertiary/aromatic N) is 4. The number of hydrogen-bond donors (Lipinski definition) is 1. The van der Waals surface area contributed by atoms with Gasteiger partial charge in [-0.15, -0.1) is 0 Å². The minimum absolute atomic E-state index is 0.0761. The van der Waals surface area contributed by atoms with Crippen LogP contribution >= 0.6 is 0 Å². The Balaban J connectivity index is 1.35. The smallest absolute Gasteiger partial charge is 0.221 e. The number of fused-ring (bicyclic) bond motifs is 2. The molecule has 1 aliphatic rings. The Morgan fingerprint density at radius 3 is 2.64 bits per heavy atom. The first-order chi connectivity index (χ1) is 16.0. The molecule has 0 fully saturated rings. The number of rotatable bonds is 5. The molecule has 0 saturated heterocycles. The summed E-state index contributed by atoms with van der Waals surface area (Å²) in [7, 11) is 0. The summed E-state index contributed by atoms with van der Waals surface area (Å²) < 4.78 is 2.41. The van der Waals surface area contributed by atoms with Gasteiger partial charge in [-0.25, -0.2) is 4.98 Å². The fourth-order valence-electron chi connectivity index (χ4n) is 4.78. The molecule has 168 valence electrons. The third kappa shape index (κ3) is 4.26. The van der Waals surface area contributed by atoms with Gasteiger partial charge in [-0.1, -0.05) is 43.3 Å².